The maximum Gasteiger partial charge on any atom is 0.191 e. The monoisotopic (exact) mass is 411 g/mol. The molecule has 0 aliphatic rings. The van der Waals surface area contributed by atoms with Gasteiger partial charge in [-0.2, -0.15) is 0 Å². The van der Waals surface area contributed by atoms with Crippen LogP contribution in [-0.2, 0) is 17.5 Å². The van der Waals surface area contributed by atoms with E-state index in [9.17, 15) is 0 Å². The summed E-state index contributed by atoms with van der Waals surface area (Å²) >= 11 is 0. The highest BCUT2D eigenvalue weighted by Gasteiger charge is 2.36. The lowest BCUT2D eigenvalue weighted by molar-refractivity contribution is 0.204. The molecular weight excluding hydrogens is 370 g/mol. The van der Waals surface area contributed by atoms with Crippen LogP contribution < -0.4 is 0 Å². The number of hydrogen-bond donors (Lipinski definition) is 0. The summed E-state index contributed by atoms with van der Waals surface area (Å²) in [4.78, 5) is 2.59. The van der Waals surface area contributed by atoms with Crippen LogP contribution in [-0.4, -0.2) is 26.4 Å². The lowest BCUT2D eigenvalue weighted by Crippen LogP contribution is -2.41. The Morgan fingerprint density at radius 2 is 1.34 bits per heavy atom. The first-order valence-electron chi connectivity index (χ1n) is 11.1. The fraction of sp³-hybridized carbons (Fsp3) is 0.538. The largest absolute Gasteiger partial charge is 0.417 e. The first-order valence-corrected chi connectivity index (χ1v) is 14.0. The highest BCUT2D eigenvalue weighted by molar-refractivity contribution is 6.74. The van der Waals surface area contributed by atoms with E-state index in [1.165, 1.54) is 17.5 Å². The second-order valence-corrected chi connectivity index (χ2v) is 14.8. The molecule has 2 rings (SSSR count). The van der Waals surface area contributed by atoms with Gasteiger partial charge in [-0.05, 0) is 48.0 Å². The predicted molar refractivity (Wildman–Crippen MR) is 129 cm³/mol. The molecule has 0 saturated heterocycles. The molecule has 3 heteroatoms. The minimum absolute atomic E-state index is 0.292. The molecule has 0 spiro atoms. The molecule has 1 atom stereocenters. The van der Waals surface area contributed by atoms with Crippen molar-refractivity contribution < 1.29 is 4.43 Å². The highest BCUT2D eigenvalue weighted by Crippen LogP contribution is 2.36. The van der Waals surface area contributed by atoms with Gasteiger partial charge in [-0.1, -0.05) is 88.4 Å². The van der Waals surface area contributed by atoms with Crippen LogP contribution in [0.4, 0.5) is 0 Å². The molecule has 2 aromatic carbocycles. The zero-order valence-corrected chi connectivity index (χ0v) is 20.4. The first kappa shape index (κ1) is 23.9. The van der Waals surface area contributed by atoms with Crippen molar-refractivity contribution in [3.63, 3.8) is 0 Å². The van der Waals surface area contributed by atoms with Gasteiger partial charge in [0.25, 0.3) is 0 Å². The molecule has 0 radical (unpaired) electrons. The maximum absolute atomic E-state index is 6.37. The molecule has 0 heterocycles. The van der Waals surface area contributed by atoms with Gasteiger partial charge in [-0.3, -0.25) is 4.90 Å². The number of hydrogen-bond acceptors (Lipinski definition) is 2. The SMILES string of the molecule is C[C@H](CCCO[Si](C)(C)C(C)(C)C)CN(Cc1ccccc1)Cc1ccccc1. The van der Waals surface area contributed by atoms with Crippen molar-refractivity contribution >= 4 is 8.32 Å². The van der Waals surface area contributed by atoms with E-state index in [-0.39, 0.29) is 0 Å². The van der Waals surface area contributed by atoms with E-state index >= 15 is 0 Å². The first-order chi connectivity index (χ1) is 13.7. The Bertz CT molecular complexity index is 652. The molecule has 0 fully saturated rings. The number of benzene rings is 2. The Hall–Kier alpha value is -1.42. The Morgan fingerprint density at radius 1 is 0.862 bits per heavy atom. The quantitative estimate of drug-likeness (QED) is 0.288. The molecule has 2 nitrogen and oxygen atoms in total. The third-order valence-corrected chi connectivity index (χ3v) is 10.7. The van der Waals surface area contributed by atoms with Crippen LogP contribution in [0.15, 0.2) is 60.7 Å². The molecule has 0 aliphatic carbocycles. The molecule has 0 aromatic heterocycles. The van der Waals surface area contributed by atoms with Crippen LogP contribution in [0.25, 0.3) is 0 Å². The summed E-state index contributed by atoms with van der Waals surface area (Å²) in [5.74, 6) is 0.658. The maximum atomic E-state index is 6.37. The van der Waals surface area contributed by atoms with Gasteiger partial charge in [0.2, 0.25) is 0 Å². The standard InChI is InChI=1S/C26H41NOSi/c1-23(14-13-19-28-29(5,6)26(2,3)4)20-27(21-24-15-9-7-10-16-24)22-25-17-11-8-12-18-25/h7-12,15-18,23H,13-14,19-22H2,1-6H3/t23-/m1/s1. The van der Waals surface area contributed by atoms with Crippen LogP contribution in [0.1, 0.15) is 51.7 Å². The van der Waals surface area contributed by atoms with Crippen LogP contribution >= 0.6 is 0 Å². The van der Waals surface area contributed by atoms with Gasteiger partial charge in [-0.25, -0.2) is 0 Å². The number of nitrogens with zero attached hydrogens (tertiary/aromatic N) is 1. The fourth-order valence-corrected chi connectivity index (χ4v) is 4.46. The van der Waals surface area contributed by atoms with E-state index in [1.807, 2.05) is 0 Å². The second kappa shape index (κ2) is 11.1. The van der Waals surface area contributed by atoms with Crippen LogP contribution in [0, 0.1) is 5.92 Å². The van der Waals surface area contributed by atoms with E-state index in [2.05, 4.69) is 106 Å². The number of rotatable bonds is 11. The molecule has 0 N–H and O–H groups in total. The smallest absolute Gasteiger partial charge is 0.191 e. The Kier molecular flexibility index (Phi) is 9.13. The molecule has 0 saturated carbocycles. The van der Waals surface area contributed by atoms with Gasteiger partial charge in [0.05, 0.1) is 0 Å². The molecule has 0 unspecified atom stereocenters. The molecule has 0 aliphatic heterocycles. The summed E-state index contributed by atoms with van der Waals surface area (Å²) in [5.41, 5.74) is 2.77. The predicted octanol–water partition coefficient (Wildman–Crippen LogP) is 7.13. The summed E-state index contributed by atoms with van der Waals surface area (Å²) in [7, 11) is -1.62. The summed E-state index contributed by atoms with van der Waals surface area (Å²) < 4.78 is 6.37. The average molecular weight is 412 g/mol. The Morgan fingerprint density at radius 3 is 1.79 bits per heavy atom. The van der Waals surface area contributed by atoms with Crippen LogP contribution in [0.2, 0.25) is 18.1 Å². The minimum Gasteiger partial charge on any atom is -0.417 e. The topological polar surface area (TPSA) is 12.5 Å². The molecule has 29 heavy (non-hydrogen) atoms. The van der Waals surface area contributed by atoms with E-state index in [1.54, 1.807) is 0 Å². The zero-order valence-electron chi connectivity index (χ0n) is 19.4. The van der Waals surface area contributed by atoms with E-state index in [4.69, 9.17) is 4.43 Å². The molecule has 160 valence electrons. The molecular formula is C26H41NOSi. The Balaban J connectivity index is 1.87. The lowest BCUT2D eigenvalue weighted by Gasteiger charge is -2.36. The molecule has 0 amide bonds. The zero-order chi connectivity index (χ0) is 21.3. The van der Waals surface area contributed by atoms with Crippen molar-refractivity contribution in [3.8, 4) is 0 Å². The second-order valence-electron chi connectivity index (χ2n) is 10.00. The average Bonchev–Trinajstić information content (AvgIpc) is 2.66. The van der Waals surface area contributed by atoms with E-state index < -0.39 is 8.32 Å². The van der Waals surface area contributed by atoms with Crippen LogP contribution in [0.5, 0.6) is 0 Å². The van der Waals surface area contributed by atoms with Crippen molar-refractivity contribution in [1.29, 1.82) is 0 Å². The van der Waals surface area contributed by atoms with Gasteiger partial charge >= 0.3 is 0 Å². The van der Waals surface area contributed by atoms with Crippen molar-refractivity contribution in [2.75, 3.05) is 13.2 Å². The van der Waals surface area contributed by atoms with Crippen molar-refractivity contribution in [1.82, 2.24) is 4.90 Å². The summed E-state index contributed by atoms with van der Waals surface area (Å²) in [6.45, 7) is 18.0. The normalized spacial score (nSPS) is 13.6. The van der Waals surface area contributed by atoms with Crippen LogP contribution in [0.3, 0.4) is 0 Å². The minimum atomic E-state index is -1.62. The highest BCUT2D eigenvalue weighted by atomic mass is 28.4. The van der Waals surface area contributed by atoms with Gasteiger partial charge in [0, 0.05) is 26.2 Å². The molecule has 0 bridgehead atoms. The molecule has 2 aromatic rings. The van der Waals surface area contributed by atoms with E-state index in [0.29, 0.717) is 11.0 Å². The van der Waals surface area contributed by atoms with Crippen molar-refractivity contribution in [2.45, 2.75) is 71.8 Å². The summed E-state index contributed by atoms with van der Waals surface area (Å²) in [6, 6.07) is 21.7. The fourth-order valence-electron chi connectivity index (χ4n) is 3.38. The summed E-state index contributed by atoms with van der Waals surface area (Å²) in [5, 5.41) is 0.292. The van der Waals surface area contributed by atoms with Gasteiger partial charge < -0.3 is 4.43 Å². The lowest BCUT2D eigenvalue weighted by atomic mass is 10.0. The van der Waals surface area contributed by atoms with E-state index in [0.717, 1.165) is 32.7 Å². The Labute approximate surface area is 180 Å². The third-order valence-electron chi connectivity index (χ3n) is 6.18. The van der Waals surface area contributed by atoms with Gasteiger partial charge in [0.15, 0.2) is 8.32 Å². The third kappa shape index (κ3) is 8.45. The van der Waals surface area contributed by atoms with Gasteiger partial charge in [-0.15, -0.1) is 0 Å². The summed E-state index contributed by atoms with van der Waals surface area (Å²) in [6.07, 6.45) is 2.37. The van der Waals surface area contributed by atoms with Gasteiger partial charge in [0.1, 0.15) is 0 Å². The van der Waals surface area contributed by atoms with Crippen molar-refractivity contribution in [2.24, 2.45) is 5.92 Å². The van der Waals surface area contributed by atoms with Crippen molar-refractivity contribution in [3.05, 3.63) is 71.8 Å².